The van der Waals surface area contributed by atoms with Gasteiger partial charge in [-0.25, -0.2) is 0 Å². The van der Waals surface area contributed by atoms with Crippen molar-refractivity contribution in [1.29, 1.82) is 0 Å². The second kappa shape index (κ2) is 6.92. The molecule has 0 unspecified atom stereocenters. The topological polar surface area (TPSA) is 33.1 Å². The zero-order valence-corrected chi connectivity index (χ0v) is 13.3. The van der Waals surface area contributed by atoms with Crippen molar-refractivity contribution < 1.29 is 0 Å². The van der Waals surface area contributed by atoms with Crippen LogP contribution >= 0.6 is 12.4 Å². The largest absolute Gasteiger partial charge is 0.314 e. The lowest BCUT2D eigenvalue weighted by Crippen LogP contribution is -2.61. The maximum atomic E-state index is 4.41. The summed E-state index contributed by atoms with van der Waals surface area (Å²) in [5, 5.41) is 8.02. The highest BCUT2D eigenvalue weighted by Crippen LogP contribution is 2.35. The standard InChI is InChI=1S/C15H26N4.ClH/c1-2-19-12-14(10-17-19)11-18-9-8-16-13-15(18)6-4-3-5-7-15;/h10,12,16H,2-9,11,13H2,1H3;1H. The molecular formula is C15H27ClN4. The van der Waals surface area contributed by atoms with Crippen LogP contribution in [0.2, 0.25) is 0 Å². The number of hydrogen-bond acceptors (Lipinski definition) is 3. The predicted molar refractivity (Wildman–Crippen MR) is 84.2 cm³/mol. The lowest BCUT2D eigenvalue weighted by molar-refractivity contribution is 0.0209. The van der Waals surface area contributed by atoms with Gasteiger partial charge in [-0.1, -0.05) is 19.3 Å². The zero-order valence-electron chi connectivity index (χ0n) is 12.5. The van der Waals surface area contributed by atoms with Gasteiger partial charge in [0, 0.05) is 50.0 Å². The molecule has 2 fully saturated rings. The van der Waals surface area contributed by atoms with Crippen LogP contribution in [0.15, 0.2) is 12.4 Å². The number of aryl methyl sites for hydroxylation is 1. The van der Waals surface area contributed by atoms with Crippen molar-refractivity contribution in [2.45, 2.75) is 57.7 Å². The van der Waals surface area contributed by atoms with Crippen LogP contribution in [-0.4, -0.2) is 39.9 Å². The van der Waals surface area contributed by atoms with Gasteiger partial charge in [-0.2, -0.15) is 5.10 Å². The highest BCUT2D eigenvalue weighted by Gasteiger charge is 2.39. The predicted octanol–water partition coefficient (Wildman–Crippen LogP) is 2.43. The molecule has 1 N–H and O–H groups in total. The quantitative estimate of drug-likeness (QED) is 0.930. The monoisotopic (exact) mass is 298 g/mol. The highest BCUT2D eigenvalue weighted by atomic mass is 35.5. The molecule has 0 radical (unpaired) electrons. The minimum Gasteiger partial charge on any atom is -0.314 e. The summed E-state index contributed by atoms with van der Waals surface area (Å²) in [7, 11) is 0. The molecule has 3 rings (SSSR count). The number of aromatic nitrogens is 2. The smallest absolute Gasteiger partial charge is 0.0534 e. The third-order valence-electron chi connectivity index (χ3n) is 4.85. The van der Waals surface area contributed by atoms with Crippen molar-refractivity contribution in [3.63, 3.8) is 0 Å². The number of hydrogen-bond donors (Lipinski definition) is 1. The summed E-state index contributed by atoms with van der Waals surface area (Å²) in [5.74, 6) is 0. The fourth-order valence-corrected chi connectivity index (χ4v) is 3.72. The van der Waals surface area contributed by atoms with Gasteiger partial charge < -0.3 is 5.32 Å². The molecule has 1 aliphatic carbocycles. The summed E-state index contributed by atoms with van der Waals surface area (Å²) in [4.78, 5) is 2.72. The molecule has 1 aliphatic heterocycles. The molecule has 2 heterocycles. The third kappa shape index (κ3) is 3.18. The normalized spacial score (nSPS) is 22.6. The van der Waals surface area contributed by atoms with E-state index < -0.39 is 0 Å². The van der Waals surface area contributed by atoms with Gasteiger partial charge in [0.15, 0.2) is 0 Å². The first-order valence-electron chi connectivity index (χ1n) is 7.79. The van der Waals surface area contributed by atoms with E-state index in [4.69, 9.17) is 0 Å². The second-order valence-electron chi connectivity index (χ2n) is 6.09. The third-order valence-corrected chi connectivity index (χ3v) is 4.85. The van der Waals surface area contributed by atoms with Crippen LogP contribution in [0.1, 0.15) is 44.6 Å². The van der Waals surface area contributed by atoms with Crippen molar-refractivity contribution >= 4 is 12.4 Å². The lowest BCUT2D eigenvalue weighted by Gasteiger charge is -2.49. The van der Waals surface area contributed by atoms with E-state index in [-0.39, 0.29) is 12.4 Å². The molecule has 114 valence electrons. The molecule has 1 aromatic heterocycles. The van der Waals surface area contributed by atoms with Gasteiger partial charge in [0.25, 0.3) is 0 Å². The van der Waals surface area contributed by atoms with Crippen LogP contribution < -0.4 is 5.32 Å². The minimum absolute atomic E-state index is 0. The summed E-state index contributed by atoms with van der Waals surface area (Å²) < 4.78 is 2.03. The fraction of sp³-hybridized carbons (Fsp3) is 0.800. The minimum atomic E-state index is 0. The molecule has 0 bridgehead atoms. The Morgan fingerprint density at radius 1 is 1.30 bits per heavy atom. The van der Waals surface area contributed by atoms with Crippen molar-refractivity contribution in [3.05, 3.63) is 18.0 Å². The number of piperazine rings is 1. The average molecular weight is 299 g/mol. The Morgan fingerprint density at radius 2 is 2.10 bits per heavy atom. The summed E-state index contributed by atoms with van der Waals surface area (Å²) >= 11 is 0. The lowest BCUT2D eigenvalue weighted by atomic mass is 9.79. The van der Waals surface area contributed by atoms with E-state index in [0.717, 1.165) is 19.6 Å². The summed E-state index contributed by atoms with van der Waals surface area (Å²) in [6.07, 6.45) is 11.2. The fourth-order valence-electron chi connectivity index (χ4n) is 3.72. The van der Waals surface area contributed by atoms with Crippen molar-refractivity contribution in [3.8, 4) is 0 Å². The molecule has 5 heteroatoms. The first kappa shape index (κ1) is 15.8. The maximum Gasteiger partial charge on any atom is 0.0534 e. The molecule has 1 saturated heterocycles. The molecule has 0 aromatic carbocycles. The first-order chi connectivity index (χ1) is 9.32. The van der Waals surface area contributed by atoms with Gasteiger partial charge in [-0.3, -0.25) is 9.58 Å². The Bertz CT molecular complexity index is 403. The van der Waals surface area contributed by atoms with Gasteiger partial charge in [0.05, 0.1) is 6.20 Å². The van der Waals surface area contributed by atoms with Crippen molar-refractivity contribution in [1.82, 2.24) is 20.0 Å². The van der Waals surface area contributed by atoms with E-state index in [0.29, 0.717) is 5.54 Å². The van der Waals surface area contributed by atoms with Gasteiger partial charge in [-0.15, -0.1) is 12.4 Å². The zero-order chi connectivity index (χ0) is 13.1. The number of nitrogens with zero attached hydrogens (tertiary/aromatic N) is 3. The van der Waals surface area contributed by atoms with Crippen molar-refractivity contribution in [2.75, 3.05) is 19.6 Å². The Labute approximate surface area is 128 Å². The molecule has 2 aliphatic rings. The molecule has 1 spiro atoms. The Morgan fingerprint density at radius 3 is 2.80 bits per heavy atom. The van der Waals surface area contributed by atoms with Crippen LogP contribution in [0, 0.1) is 0 Å². The molecular weight excluding hydrogens is 272 g/mol. The summed E-state index contributed by atoms with van der Waals surface area (Å²) in [6.45, 7) is 7.66. The van der Waals surface area contributed by atoms with E-state index >= 15 is 0 Å². The number of rotatable bonds is 3. The van der Waals surface area contributed by atoms with Gasteiger partial charge >= 0.3 is 0 Å². The van der Waals surface area contributed by atoms with E-state index in [1.54, 1.807) is 0 Å². The second-order valence-corrected chi connectivity index (χ2v) is 6.09. The van der Waals surface area contributed by atoms with Crippen LogP contribution in [0.25, 0.3) is 0 Å². The summed E-state index contributed by atoms with van der Waals surface area (Å²) in [6, 6.07) is 0. The van der Waals surface area contributed by atoms with Crippen LogP contribution in [0.3, 0.4) is 0 Å². The van der Waals surface area contributed by atoms with Gasteiger partial charge in [-0.05, 0) is 19.8 Å². The van der Waals surface area contributed by atoms with Crippen molar-refractivity contribution in [2.24, 2.45) is 0 Å². The van der Waals surface area contributed by atoms with E-state index in [1.807, 2.05) is 10.9 Å². The number of nitrogens with one attached hydrogen (secondary N) is 1. The van der Waals surface area contributed by atoms with Gasteiger partial charge in [0.2, 0.25) is 0 Å². The molecule has 0 amide bonds. The van der Waals surface area contributed by atoms with Gasteiger partial charge in [0.1, 0.15) is 0 Å². The van der Waals surface area contributed by atoms with Crippen LogP contribution in [0.4, 0.5) is 0 Å². The number of halogens is 1. The highest BCUT2D eigenvalue weighted by molar-refractivity contribution is 5.85. The SMILES string of the molecule is CCn1cc(CN2CCNCC23CCCCC3)cn1.Cl. The summed E-state index contributed by atoms with van der Waals surface area (Å²) in [5.41, 5.74) is 1.79. The van der Waals surface area contributed by atoms with E-state index in [1.165, 1.54) is 50.8 Å². The first-order valence-corrected chi connectivity index (χ1v) is 7.79. The van der Waals surface area contributed by atoms with Crippen LogP contribution in [0.5, 0.6) is 0 Å². The molecule has 1 saturated carbocycles. The Hall–Kier alpha value is -0.580. The van der Waals surface area contributed by atoms with Crippen LogP contribution in [-0.2, 0) is 13.1 Å². The maximum absolute atomic E-state index is 4.41. The Kier molecular flexibility index (Phi) is 5.47. The molecule has 1 aromatic rings. The molecule has 20 heavy (non-hydrogen) atoms. The molecule has 0 atom stereocenters. The molecule has 4 nitrogen and oxygen atoms in total. The Balaban J connectivity index is 0.00000147. The van der Waals surface area contributed by atoms with E-state index in [9.17, 15) is 0 Å². The average Bonchev–Trinajstić information content (AvgIpc) is 2.90. The van der Waals surface area contributed by atoms with E-state index in [2.05, 4.69) is 28.4 Å².